The highest BCUT2D eigenvalue weighted by atomic mass is 79.9. The molecule has 1 saturated heterocycles. The molecule has 1 fully saturated rings. The summed E-state index contributed by atoms with van der Waals surface area (Å²) in [6.45, 7) is 2.29. The summed E-state index contributed by atoms with van der Waals surface area (Å²) in [7, 11) is 0. The van der Waals surface area contributed by atoms with Gasteiger partial charge in [0.15, 0.2) is 0 Å². The molecule has 0 aliphatic carbocycles. The van der Waals surface area contributed by atoms with Crippen molar-refractivity contribution in [3.05, 3.63) is 46.4 Å². The molecule has 1 aliphatic rings. The SMILES string of the molecule is NCC1CCCN(C(=O)c2ccc3cc(Br)ccc3c2)C1. The van der Waals surface area contributed by atoms with Gasteiger partial charge >= 0.3 is 0 Å². The Labute approximate surface area is 133 Å². The summed E-state index contributed by atoms with van der Waals surface area (Å²) in [6.07, 6.45) is 2.18. The first-order chi connectivity index (χ1) is 10.2. The second-order valence-corrected chi connectivity index (χ2v) is 6.62. The zero-order chi connectivity index (χ0) is 14.8. The predicted octanol–water partition coefficient (Wildman–Crippen LogP) is 3.41. The third-order valence-electron chi connectivity index (χ3n) is 4.19. The maximum absolute atomic E-state index is 12.6. The van der Waals surface area contributed by atoms with Gasteiger partial charge in [-0.2, -0.15) is 0 Å². The number of hydrogen-bond acceptors (Lipinski definition) is 2. The number of nitrogens with two attached hydrogens (primary N) is 1. The summed E-state index contributed by atoms with van der Waals surface area (Å²) in [5.74, 6) is 0.567. The maximum atomic E-state index is 12.6. The molecule has 0 bridgehead atoms. The number of fused-ring (bicyclic) bond motifs is 1. The van der Waals surface area contributed by atoms with Crippen molar-refractivity contribution in [1.29, 1.82) is 0 Å². The molecule has 2 aromatic carbocycles. The lowest BCUT2D eigenvalue weighted by atomic mass is 9.97. The summed E-state index contributed by atoms with van der Waals surface area (Å²) in [6, 6.07) is 12.0. The van der Waals surface area contributed by atoms with Gasteiger partial charge in [-0.1, -0.05) is 28.1 Å². The van der Waals surface area contributed by atoms with Crippen LogP contribution < -0.4 is 5.73 Å². The zero-order valence-corrected chi connectivity index (χ0v) is 13.5. The van der Waals surface area contributed by atoms with Crippen LogP contribution in [0.2, 0.25) is 0 Å². The van der Waals surface area contributed by atoms with E-state index in [1.54, 1.807) is 0 Å². The van der Waals surface area contributed by atoms with Gasteiger partial charge in [0.1, 0.15) is 0 Å². The van der Waals surface area contributed by atoms with Gasteiger partial charge in [0, 0.05) is 23.1 Å². The van der Waals surface area contributed by atoms with Crippen LogP contribution in [0.3, 0.4) is 0 Å². The van der Waals surface area contributed by atoms with Crippen LogP contribution >= 0.6 is 15.9 Å². The van der Waals surface area contributed by atoms with Crippen LogP contribution in [-0.2, 0) is 0 Å². The molecular weight excluding hydrogens is 328 g/mol. The Morgan fingerprint density at radius 2 is 2.00 bits per heavy atom. The van der Waals surface area contributed by atoms with Crippen LogP contribution in [0, 0.1) is 5.92 Å². The Bertz CT molecular complexity index is 671. The van der Waals surface area contributed by atoms with Crippen molar-refractivity contribution in [2.75, 3.05) is 19.6 Å². The molecule has 1 aliphatic heterocycles. The molecule has 1 amide bonds. The molecule has 3 rings (SSSR count). The minimum atomic E-state index is 0.123. The molecule has 1 unspecified atom stereocenters. The van der Waals surface area contributed by atoms with Crippen molar-refractivity contribution < 1.29 is 4.79 Å². The van der Waals surface area contributed by atoms with Crippen LogP contribution in [-0.4, -0.2) is 30.4 Å². The number of nitrogens with zero attached hydrogens (tertiary/aromatic N) is 1. The molecule has 2 N–H and O–H groups in total. The summed E-state index contributed by atoms with van der Waals surface area (Å²) < 4.78 is 1.05. The van der Waals surface area contributed by atoms with Gasteiger partial charge in [-0.15, -0.1) is 0 Å². The van der Waals surface area contributed by atoms with Crippen LogP contribution in [0.4, 0.5) is 0 Å². The number of carbonyl (C=O) groups excluding carboxylic acids is 1. The molecule has 3 nitrogen and oxygen atoms in total. The second kappa shape index (κ2) is 6.16. The van der Waals surface area contributed by atoms with E-state index in [1.807, 2.05) is 35.2 Å². The molecule has 2 aromatic rings. The van der Waals surface area contributed by atoms with Crippen molar-refractivity contribution in [2.24, 2.45) is 11.7 Å². The normalized spacial score (nSPS) is 19.0. The predicted molar refractivity (Wildman–Crippen MR) is 89.3 cm³/mol. The number of amides is 1. The van der Waals surface area contributed by atoms with Gasteiger partial charge in [-0.3, -0.25) is 4.79 Å². The minimum Gasteiger partial charge on any atom is -0.338 e. The van der Waals surface area contributed by atoms with E-state index in [9.17, 15) is 4.79 Å². The fourth-order valence-corrected chi connectivity index (χ4v) is 3.35. The van der Waals surface area contributed by atoms with E-state index < -0.39 is 0 Å². The lowest BCUT2D eigenvalue weighted by Gasteiger charge is -2.32. The Hall–Kier alpha value is -1.39. The molecule has 0 radical (unpaired) electrons. The monoisotopic (exact) mass is 346 g/mol. The quantitative estimate of drug-likeness (QED) is 0.905. The fraction of sp³-hybridized carbons (Fsp3) is 0.353. The van der Waals surface area contributed by atoms with Crippen LogP contribution in [0.25, 0.3) is 10.8 Å². The van der Waals surface area contributed by atoms with Crippen molar-refractivity contribution in [3.63, 3.8) is 0 Å². The van der Waals surface area contributed by atoms with E-state index in [0.29, 0.717) is 12.5 Å². The number of hydrogen-bond donors (Lipinski definition) is 1. The van der Waals surface area contributed by atoms with Gasteiger partial charge in [-0.05, 0) is 60.3 Å². The van der Waals surface area contributed by atoms with E-state index >= 15 is 0 Å². The molecule has 1 heterocycles. The Kier molecular flexibility index (Phi) is 4.27. The summed E-state index contributed by atoms with van der Waals surface area (Å²) in [5, 5.41) is 2.23. The largest absolute Gasteiger partial charge is 0.338 e. The van der Waals surface area contributed by atoms with E-state index in [2.05, 4.69) is 22.0 Å². The van der Waals surface area contributed by atoms with Gasteiger partial charge in [0.05, 0.1) is 0 Å². The molecule has 0 saturated carbocycles. The number of carbonyl (C=O) groups is 1. The topological polar surface area (TPSA) is 46.3 Å². The van der Waals surface area contributed by atoms with Gasteiger partial charge < -0.3 is 10.6 Å². The highest BCUT2D eigenvalue weighted by Gasteiger charge is 2.23. The number of benzene rings is 2. The molecule has 21 heavy (non-hydrogen) atoms. The van der Waals surface area contributed by atoms with Crippen molar-refractivity contribution in [3.8, 4) is 0 Å². The smallest absolute Gasteiger partial charge is 0.253 e. The molecule has 0 spiro atoms. The maximum Gasteiger partial charge on any atom is 0.253 e. The molecular formula is C17H19BrN2O. The summed E-state index contributed by atoms with van der Waals surface area (Å²) in [4.78, 5) is 14.6. The number of halogens is 1. The highest BCUT2D eigenvalue weighted by molar-refractivity contribution is 9.10. The lowest BCUT2D eigenvalue weighted by Crippen LogP contribution is -2.42. The molecule has 1 atom stereocenters. The van der Waals surface area contributed by atoms with E-state index in [4.69, 9.17) is 5.73 Å². The second-order valence-electron chi connectivity index (χ2n) is 5.70. The summed E-state index contributed by atoms with van der Waals surface area (Å²) in [5.41, 5.74) is 6.52. The van der Waals surface area contributed by atoms with Crippen LogP contribution in [0.5, 0.6) is 0 Å². The van der Waals surface area contributed by atoms with Crippen molar-refractivity contribution in [2.45, 2.75) is 12.8 Å². The van der Waals surface area contributed by atoms with Crippen molar-refractivity contribution in [1.82, 2.24) is 4.90 Å². The number of rotatable bonds is 2. The Balaban J connectivity index is 1.85. The third kappa shape index (κ3) is 3.11. The minimum absolute atomic E-state index is 0.123. The van der Waals surface area contributed by atoms with E-state index in [-0.39, 0.29) is 5.91 Å². The van der Waals surface area contributed by atoms with Gasteiger partial charge in [0.2, 0.25) is 0 Å². The van der Waals surface area contributed by atoms with Gasteiger partial charge in [-0.25, -0.2) is 0 Å². The Morgan fingerprint density at radius 3 is 2.81 bits per heavy atom. The van der Waals surface area contributed by atoms with E-state index in [0.717, 1.165) is 46.7 Å². The summed E-state index contributed by atoms with van der Waals surface area (Å²) >= 11 is 3.47. The molecule has 0 aromatic heterocycles. The first kappa shape index (κ1) is 14.5. The third-order valence-corrected chi connectivity index (χ3v) is 4.68. The number of piperidine rings is 1. The van der Waals surface area contributed by atoms with E-state index in [1.165, 1.54) is 0 Å². The van der Waals surface area contributed by atoms with Gasteiger partial charge in [0.25, 0.3) is 5.91 Å². The molecule has 110 valence electrons. The average Bonchev–Trinajstić information content (AvgIpc) is 2.53. The number of likely N-dealkylation sites (tertiary alicyclic amines) is 1. The first-order valence-corrected chi connectivity index (χ1v) is 8.15. The molecule has 4 heteroatoms. The van der Waals surface area contributed by atoms with Crippen molar-refractivity contribution >= 4 is 32.6 Å². The fourth-order valence-electron chi connectivity index (χ4n) is 2.97. The zero-order valence-electron chi connectivity index (χ0n) is 11.9. The standard InChI is InChI=1S/C17H19BrN2O/c18-16-6-5-13-8-15(4-3-14(13)9-16)17(21)20-7-1-2-12(10-19)11-20/h3-6,8-9,12H,1-2,7,10-11,19H2. The highest BCUT2D eigenvalue weighted by Crippen LogP contribution is 2.23. The van der Waals surface area contributed by atoms with Crippen LogP contribution in [0.15, 0.2) is 40.9 Å². The first-order valence-electron chi connectivity index (χ1n) is 7.36. The Morgan fingerprint density at radius 1 is 1.24 bits per heavy atom. The van der Waals surface area contributed by atoms with Crippen LogP contribution in [0.1, 0.15) is 23.2 Å². The lowest BCUT2D eigenvalue weighted by molar-refractivity contribution is 0.0678. The average molecular weight is 347 g/mol.